The second-order valence-corrected chi connectivity index (χ2v) is 6.29. The number of carbonyl (C=O) groups is 1. The third-order valence-corrected chi connectivity index (χ3v) is 4.02. The molecular weight excluding hydrogens is 294 g/mol. The van der Waals surface area contributed by atoms with Gasteiger partial charge in [-0.15, -0.1) is 5.10 Å². The lowest BCUT2D eigenvalue weighted by Gasteiger charge is -2.34. The van der Waals surface area contributed by atoms with Crippen molar-refractivity contribution < 1.29 is 9.53 Å². The molecule has 3 rings (SSSR count). The number of carbonyl (C=O) groups excluding carboxylic acids is 1. The van der Waals surface area contributed by atoms with Gasteiger partial charge in [-0.3, -0.25) is 4.79 Å². The molecule has 0 spiro atoms. The summed E-state index contributed by atoms with van der Waals surface area (Å²) in [6, 6.07) is 7.36. The molecule has 1 amide bonds. The topological polar surface area (TPSA) is 73.1 Å². The number of rotatable bonds is 4. The van der Waals surface area contributed by atoms with Crippen molar-refractivity contribution in [1.29, 1.82) is 0 Å². The molecule has 0 bridgehead atoms. The third kappa shape index (κ3) is 3.85. The SMILES string of the molecule is CC1CC(C)CN(C(=O)COc2cccc(-n3cnnn3)c2)C1. The molecule has 0 saturated carbocycles. The van der Waals surface area contributed by atoms with Gasteiger partial charge >= 0.3 is 0 Å². The van der Waals surface area contributed by atoms with Gasteiger partial charge in [-0.2, -0.15) is 0 Å². The van der Waals surface area contributed by atoms with Crippen LogP contribution in [0.1, 0.15) is 20.3 Å². The van der Waals surface area contributed by atoms with Crippen LogP contribution in [0.5, 0.6) is 5.75 Å². The number of piperidine rings is 1. The molecular formula is C16H21N5O2. The van der Waals surface area contributed by atoms with Crippen molar-refractivity contribution in [2.75, 3.05) is 19.7 Å². The number of tetrazole rings is 1. The molecule has 0 radical (unpaired) electrons. The van der Waals surface area contributed by atoms with Gasteiger partial charge in [0.05, 0.1) is 5.69 Å². The van der Waals surface area contributed by atoms with Gasteiger partial charge in [-0.1, -0.05) is 19.9 Å². The number of amides is 1. The molecule has 2 aromatic rings. The Balaban J connectivity index is 1.60. The summed E-state index contributed by atoms with van der Waals surface area (Å²) in [5.41, 5.74) is 0.792. The largest absolute Gasteiger partial charge is 0.484 e. The van der Waals surface area contributed by atoms with Crippen molar-refractivity contribution in [3.8, 4) is 11.4 Å². The van der Waals surface area contributed by atoms with Gasteiger partial charge in [0.15, 0.2) is 6.61 Å². The highest BCUT2D eigenvalue weighted by molar-refractivity contribution is 5.78. The zero-order chi connectivity index (χ0) is 16.2. The number of ether oxygens (including phenoxy) is 1. The van der Waals surface area contributed by atoms with Crippen molar-refractivity contribution in [3.05, 3.63) is 30.6 Å². The van der Waals surface area contributed by atoms with Crippen molar-refractivity contribution in [3.63, 3.8) is 0 Å². The fourth-order valence-electron chi connectivity index (χ4n) is 3.10. The van der Waals surface area contributed by atoms with Gasteiger partial charge in [-0.25, -0.2) is 4.68 Å². The fraction of sp³-hybridized carbons (Fsp3) is 0.500. The quantitative estimate of drug-likeness (QED) is 0.856. The number of likely N-dealkylation sites (tertiary alicyclic amines) is 1. The maximum atomic E-state index is 12.3. The lowest BCUT2D eigenvalue weighted by molar-refractivity contribution is -0.136. The summed E-state index contributed by atoms with van der Waals surface area (Å²) in [7, 11) is 0. The van der Waals surface area contributed by atoms with Gasteiger partial charge in [0.2, 0.25) is 0 Å². The number of benzene rings is 1. The Morgan fingerprint density at radius 1 is 1.30 bits per heavy atom. The van der Waals surface area contributed by atoms with Crippen molar-refractivity contribution in [1.82, 2.24) is 25.1 Å². The Morgan fingerprint density at radius 2 is 2.09 bits per heavy atom. The molecule has 122 valence electrons. The summed E-state index contributed by atoms with van der Waals surface area (Å²) in [5, 5.41) is 11.1. The normalized spacial score (nSPS) is 21.2. The Hall–Kier alpha value is -2.44. The van der Waals surface area contributed by atoms with Crippen molar-refractivity contribution >= 4 is 5.91 Å². The number of aromatic nitrogens is 4. The maximum absolute atomic E-state index is 12.3. The Labute approximate surface area is 135 Å². The molecule has 2 atom stereocenters. The standard InChI is InChI=1S/C16H21N5O2/c1-12-6-13(2)9-20(8-12)16(22)10-23-15-5-3-4-14(7-15)21-11-17-18-19-21/h3-5,7,11-13H,6,8-10H2,1-2H3. The highest BCUT2D eigenvalue weighted by atomic mass is 16.5. The number of nitrogens with zero attached hydrogens (tertiary/aromatic N) is 5. The number of hydrogen-bond donors (Lipinski definition) is 0. The van der Waals surface area contributed by atoms with Crippen LogP contribution in [0.15, 0.2) is 30.6 Å². The fourth-order valence-corrected chi connectivity index (χ4v) is 3.10. The third-order valence-electron chi connectivity index (χ3n) is 4.02. The first-order chi connectivity index (χ1) is 11.1. The highest BCUT2D eigenvalue weighted by Gasteiger charge is 2.25. The van der Waals surface area contributed by atoms with Gasteiger partial charge in [-0.05, 0) is 40.8 Å². The molecule has 2 unspecified atom stereocenters. The first-order valence-electron chi connectivity index (χ1n) is 7.86. The average Bonchev–Trinajstić information content (AvgIpc) is 3.06. The second-order valence-electron chi connectivity index (χ2n) is 6.29. The van der Waals surface area contributed by atoms with E-state index in [1.54, 1.807) is 4.68 Å². The zero-order valence-electron chi connectivity index (χ0n) is 13.4. The van der Waals surface area contributed by atoms with E-state index in [2.05, 4.69) is 29.4 Å². The average molecular weight is 315 g/mol. The van der Waals surface area contributed by atoms with Gasteiger partial charge in [0.1, 0.15) is 12.1 Å². The summed E-state index contributed by atoms with van der Waals surface area (Å²) in [6.45, 7) is 6.06. The highest BCUT2D eigenvalue weighted by Crippen LogP contribution is 2.21. The van der Waals surface area contributed by atoms with E-state index in [9.17, 15) is 4.79 Å². The van der Waals surface area contributed by atoms with E-state index in [0.29, 0.717) is 17.6 Å². The number of hydrogen-bond acceptors (Lipinski definition) is 5. The van der Waals surface area contributed by atoms with Gasteiger partial charge in [0, 0.05) is 19.2 Å². The Kier molecular flexibility index (Phi) is 4.55. The first kappa shape index (κ1) is 15.5. The summed E-state index contributed by atoms with van der Waals surface area (Å²) in [4.78, 5) is 14.2. The van der Waals surface area contributed by atoms with Crippen LogP contribution < -0.4 is 4.74 Å². The van der Waals surface area contributed by atoms with Crippen LogP contribution in [-0.2, 0) is 4.79 Å². The lowest BCUT2D eigenvalue weighted by atomic mass is 9.92. The lowest BCUT2D eigenvalue weighted by Crippen LogP contribution is -2.44. The van der Waals surface area contributed by atoms with Crippen LogP contribution >= 0.6 is 0 Å². The van der Waals surface area contributed by atoms with E-state index in [1.165, 1.54) is 12.7 Å². The van der Waals surface area contributed by atoms with E-state index in [4.69, 9.17) is 4.74 Å². The minimum Gasteiger partial charge on any atom is -0.484 e. The molecule has 1 aliphatic rings. The first-order valence-corrected chi connectivity index (χ1v) is 7.86. The molecule has 2 heterocycles. The van der Waals surface area contributed by atoms with Crippen molar-refractivity contribution in [2.24, 2.45) is 11.8 Å². The van der Waals surface area contributed by atoms with Crippen molar-refractivity contribution in [2.45, 2.75) is 20.3 Å². The van der Waals surface area contributed by atoms with E-state index in [1.807, 2.05) is 29.2 Å². The maximum Gasteiger partial charge on any atom is 0.260 e. The predicted molar refractivity (Wildman–Crippen MR) is 84.2 cm³/mol. The van der Waals surface area contributed by atoms with Crippen LogP contribution in [0.25, 0.3) is 5.69 Å². The van der Waals surface area contributed by atoms with E-state index in [0.717, 1.165) is 18.8 Å². The molecule has 1 aliphatic heterocycles. The molecule has 1 aromatic carbocycles. The molecule has 23 heavy (non-hydrogen) atoms. The van der Waals surface area contributed by atoms with E-state index >= 15 is 0 Å². The van der Waals surface area contributed by atoms with Gasteiger partial charge in [0.25, 0.3) is 5.91 Å². The zero-order valence-corrected chi connectivity index (χ0v) is 13.4. The van der Waals surface area contributed by atoms with Crippen LogP contribution in [-0.4, -0.2) is 50.7 Å². The molecule has 0 N–H and O–H groups in total. The minimum absolute atomic E-state index is 0.0382. The van der Waals surface area contributed by atoms with Gasteiger partial charge < -0.3 is 9.64 Å². The van der Waals surface area contributed by atoms with Crippen LogP contribution in [0.2, 0.25) is 0 Å². The molecule has 1 aromatic heterocycles. The predicted octanol–water partition coefficient (Wildman–Crippen LogP) is 1.55. The van der Waals surface area contributed by atoms with Crippen LogP contribution in [0, 0.1) is 11.8 Å². The summed E-state index contributed by atoms with van der Waals surface area (Å²) in [6.07, 6.45) is 2.69. The summed E-state index contributed by atoms with van der Waals surface area (Å²) < 4.78 is 7.20. The minimum atomic E-state index is 0.0382. The second kappa shape index (κ2) is 6.76. The Morgan fingerprint density at radius 3 is 2.78 bits per heavy atom. The smallest absolute Gasteiger partial charge is 0.260 e. The molecule has 0 aliphatic carbocycles. The van der Waals surface area contributed by atoms with E-state index in [-0.39, 0.29) is 12.5 Å². The Bertz CT molecular complexity index is 648. The monoisotopic (exact) mass is 315 g/mol. The summed E-state index contributed by atoms with van der Waals surface area (Å²) >= 11 is 0. The molecule has 1 fully saturated rings. The van der Waals surface area contributed by atoms with Crippen LogP contribution in [0.3, 0.4) is 0 Å². The molecule has 7 heteroatoms. The molecule has 7 nitrogen and oxygen atoms in total. The van der Waals surface area contributed by atoms with E-state index < -0.39 is 0 Å². The van der Waals surface area contributed by atoms with Crippen LogP contribution in [0.4, 0.5) is 0 Å². The molecule has 1 saturated heterocycles. The summed E-state index contributed by atoms with van der Waals surface area (Å²) in [5.74, 6) is 1.76.